The lowest BCUT2D eigenvalue weighted by molar-refractivity contribution is -0.0722. The van der Waals surface area contributed by atoms with Crippen molar-refractivity contribution in [1.29, 1.82) is 0 Å². The summed E-state index contributed by atoms with van der Waals surface area (Å²) < 4.78 is 10.1. The van der Waals surface area contributed by atoms with Crippen LogP contribution in [0.5, 0.6) is 0 Å². The molecule has 0 saturated carbocycles. The molecule has 1 aliphatic rings. The molecule has 1 heterocycles. The smallest absolute Gasteiger partial charge is 0.444 e. The van der Waals surface area contributed by atoms with Crippen LogP contribution < -0.4 is 5.43 Å². The molecule has 0 aromatic rings. The van der Waals surface area contributed by atoms with Crippen LogP contribution in [0.4, 0.5) is 9.59 Å². The Hall–Kier alpha value is -1.50. The van der Waals surface area contributed by atoms with Crippen molar-refractivity contribution in [1.82, 2.24) is 15.6 Å². The van der Waals surface area contributed by atoms with Gasteiger partial charge < -0.3 is 9.47 Å². The second-order valence-corrected chi connectivity index (χ2v) is 5.32. The van der Waals surface area contributed by atoms with E-state index in [-0.39, 0.29) is 12.2 Å². The molecule has 1 rings (SSSR count). The molecule has 7 heteroatoms. The van der Waals surface area contributed by atoms with Crippen LogP contribution in [0.3, 0.4) is 0 Å². The third kappa shape index (κ3) is 5.64. The van der Waals surface area contributed by atoms with Crippen LogP contribution in [0.2, 0.25) is 0 Å². The Morgan fingerprint density at radius 2 is 1.55 bits per heavy atom. The normalized spacial score (nSPS) is 16.1. The van der Waals surface area contributed by atoms with Gasteiger partial charge in [0, 0.05) is 13.1 Å². The zero-order valence-corrected chi connectivity index (χ0v) is 12.7. The molecule has 1 aliphatic heterocycles. The van der Waals surface area contributed by atoms with E-state index in [0.29, 0.717) is 13.1 Å². The van der Waals surface area contributed by atoms with E-state index in [1.54, 1.807) is 32.7 Å². The van der Waals surface area contributed by atoms with Gasteiger partial charge in [0.15, 0.2) is 0 Å². The molecule has 116 valence electrons. The van der Waals surface area contributed by atoms with Crippen molar-refractivity contribution in [3.63, 3.8) is 0 Å². The standard InChI is InChI=1S/C13H25N3O4/c1-10(2)19-12(17)14-16(13(18)20-11(3)4)15-8-6-5-7-9-15/h10-11H,5-9H2,1-4H3,(H,14,17). The van der Waals surface area contributed by atoms with Crippen LogP contribution in [-0.2, 0) is 9.47 Å². The number of hydrogen-bond acceptors (Lipinski definition) is 5. The number of hydrazine groups is 2. The lowest BCUT2D eigenvalue weighted by Gasteiger charge is -2.36. The van der Waals surface area contributed by atoms with E-state index in [9.17, 15) is 9.59 Å². The molecule has 0 radical (unpaired) electrons. The number of rotatable bonds is 3. The molecule has 0 bridgehead atoms. The Bertz CT molecular complexity index is 328. The average Bonchev–Trinajstić information content (AvgIpc) is 2.35. The summed E-state index contributed by atoms with van der Waals surface area (Å²) in [4.78, 5) is 23.8. The van der Waals surface area contributed by atoms with Crippen molar-refractivity contribution in [2.75, 3.05) is 13.1 Å². The highest BCUT2D eigenvalue weighted by atomic mass is 16.6. The summed E-state index contributed by atoms with van der Waals surface area (Å²) in [5.41, 5.74) is 2.45. The predicted octanol–water partition coefficient (Wildman–Crippen LogP) is 2.28. The Morgan fingerprint density at radius 3 is 2.05 bits per heavy atom. The lowest BCUT2D eigenvalue weighted by Crippen LogP contribution is -2.58. The molecule has 1 N–H and O–H groups in total. The summed E-state index contributed by atoms with van der Waals surface area (Å²) in [6, 6.07) is 0. The van der Waals surface area contributed by atoms with Crippen LogP contribution in [0, 0.1) is 0 Å². The first-order chi connectivity index (χ1) is 9.40. The lowest BCUT2D eigenvalue weighted by atomic mass is 10.2. The van der Waals surface area contributed by atoms with E-state index in [0.717, 1.165) is 24.4 Å². The van der Waals surface area contributed by atoms with E-state index in [4.69, 9.17) is 9.47 Å². The molecule has 1 fully saturated rings. The predicted molar refractivity (Wildman–Crippen MR) is 73.6 cm³/mol. The van der Waals surface area contributed by atoms with Gasteiger partial charge >= 0.3 is 12.2 Å². The molecule has 0 spiro atoms. The quantitative estimate of drug-likeness (QED) is 0.806. The van der Waals surface area contributed by atoms with Gasteiger partial charge in [0.1, 0.15) is 0 Å². The molecule has 0 aliphatic carbocycles. The van der Waals surface area contributed by atoms with Gasteiger partial charge in [-0.15, -0.1) is 5.12 Å². The fraction of sp³-hybridized carbons (Fsp3) is 0.846. The molecule has 1 saturated heterocycles. The Kier molecular flexibility index (Phi) is 6.57. The highest BCUT2D eigenvalue weighted by Crippen LogP contribution is 2.12. The molecule has 0 aromatic heterocycles. The first-order valence-corrected chi connectivity index (χ1v) is 7.13. The summed E-state index contributed by atoms with van der Waals surface area (Å²) in [7, 11) is 0. The molecular weight excluding hydrogens is 262 g/mol. The SMILES string of the molecule is CC(C)OC(=O)NN(C(=O)OC(C)C)N1CCCCC1. The number of nitrogens with one attached hydrogen (secondary N) is 1. The third-order valence-electron chi connectivity index (χ3n) is 2.66. The summed E-state index contributed by atoms with van der Waals surface area (Å²) in [5, 5.41) is 2.90. The van der Waals surface area contributed by atoms with Gasteiger partial charge in [0.2, 0.25) is 0 Å². The number of ether oxygens (including phenoxy) is 2. The Balaban J connectivity index is 2.67. The molecule has 0 unspecified atom stereocenters. The fourth-order valence-corrected chi connectivity index (χ4v) is 1.89. The van der Waals surface area contributed by atoms with Gasteiger partial charge in [-0.3, -0.25) is 0 Å². The first kappa shape index (κ1) is 16.6. The molecule has 20 heavy (non-hydrogen) atoms. The van der Waals surface area contributed by atoms with Crippen molar-refractivity contribution in [3.05, 3.63) is 0 Å². The number of carbonyl (C=O) groups is 2. The maximum atomic E-state index is 12.1. The van der Waals surface area contributed by atoms with Crippen molar-refractivity contribution in [2.24, 2.45) is 0 Å². The van der Waals surface area contributed by atoms with Gasteiger partial charge in [-0.05, 0) is 40.5 Å². The van der Waals surface area contributed by atoms with Gasteiger partial charge in [0.25, 0.3) is 0 Å². The Morgan fingerprint density at radius 1 is 1.00 bits per heavy atom. The second kappa shape index (κ2) is 7.94. The monoisotopic (exact) mass is 287 g/mol. The summed E-state index contributed by atoms with van der Waals surface area (Å²) in [6.07, 6.45) is 1.32. The van der Waals surface area contributed by atoms with E-state index in [1.165, 1.54) is 0 Å². The van der Waals surface area contributed by atoms with Crippen LogP contribution in [0.1, 0.15) is 47.0 Å². The molecular formula is C13H25N3O4. The van der Waals surface area contributed by atoms with Crippen molar-refractivity contribution >= 4 is 12.2 Å². The molecule has 0 atom stereocenters. The van der Waals surface area contributed by atoms with Crippen molar-refractivity contribution in [2.45, 2.75) is 59.2 Å². The fourth-order valence-electron chi connectivity index (χ4n) is 1.89. The second-order valence-electron chi connectivity index (χ2n) is 5.32. The first-order valence-electron chi connectivity index (χ1n) is 7.13. The van der Waals surface area contributed by atoms with E-state index < -0.39 is 12.2 Å². The van der Waals surface area contributed by atoms with E-state index in [1.807, 2.05) is 0 Å². The minimum Gasteiger partial charge on any atom is -0.446 e. The maximum Gasteiger partial charge on any atom is 0.444 e. The number of hydrogen-bond donors (Lipinski definition) is 1. The van der Waals surface area contributed by atoms with Gasteiger partial charge in [-0.2, -0.15) is 5.01 Å². The summed E-state index contributed by atoms with van der Waals surface area (Å²) >= 11 is 0. The van der Waals surface area contributed by atoms with Crippen LogP contribution in [0.15, 0.2) is 0 Å². The number of carbonyl (C=O) groups excluding carboxylic acids is 2. The van der Waals surface area contributed by atoms with Gasteiger partial charge in [-0.1, -0.05) is 6.42 Å². The van der Waals surface area contributed by atoms with Crippen LogP contribution >= 0.6 is 0 Å². The van der Waals surface area contributed by atoms with Crippen molar-refractivity contribution in [3.8, 4) is 0 Å². The number of piperidine rings is 1. The minimum absolute atomic E-state index is 0.251. The van der Waals surface area contributed by atoms with Gasteiger partial charge in [-0.25, -0.2) is 15.0 Å². The molecule has 0 aromatic carbocycles. The van der Waals surface area contributed by atoms with E-state index in [2.05, 4.69) is 5.43 Å². The number of amides is 2. The zero-order valence-electron chi connectivity index (χ0n) is 12.7. The van der Waals surface area contributed by atoms with Crippen LogP contribution in [0.25, 0.3) is 0 Å². The minimum atomic E-state index is -0.661. The van der Waals surface area contributed by atoms with Crippen LogP contribution in [-0.4, -0.2) is 47.6 Å². The molecule has 2 amide bonds. The van der Waals surface area contributed by atoms with Crippen molar-refractivity contribution < 1.29 is 19.1 Å². The third-order valence-corrected chi connectivity index (χ3v) is 2.66. The molecule has 7 nitrogen and oxygen atoms in total. The maximum absolute atomic E-state index is 12.1. The highest BCUT2D eigenvalue weighted by molar-refractivity contribution is 5.73. The van der Waals surface area contributed by atoms with Gasteiger partial charge in [0.05, 0.1) is 12.2 Å². The number of nitrogens with zero attached hydrogens (tertiary/aromatic N) is 2. The zero-order chi connectivity index (χ0) is 15.1. The topological polar surface area (TPSA) is 71.1 Å². The Labute approximate surface area is 120 Å². The largest absolute Gasteiger partial charge is 0.446 e. The summed E-state index contributed by atoms with van der Waals surface area (Å²) in [5.74, 6) is 0. The summed E-state index contributed by atoms with van der Waals surface area (Å²) in [6.45, 7) is 8.43. The van der Waals surface area contributed by atoms with E-state index >= 15 is 0 Å². The highest BCUT2D eigenvalue weighted by Gasteiger charge is 2.27. The average molecular weight is 287 g/mol.